The van der Waals surface area contributed by atoms with Gasteiger partial charge in [0.25, 0.3) is 5.91 Å². The molecule has 0 aliphatic heterocycles. The molecule has 0 fully saturated rings. The SMILES string of the molecule is CNc1ccc(C(=O)NC(C)c2ccncc2)c(C)c1. The van der Waals surface area contributed by atoms with Crippen molar-refractivity contribution in [3.63, 3.8) is 0 Å². The van der Waals surface area contributed by atoms with E-state index in [1.54, 1.807) is 12.4 Å². The molecule has 20 heavy (non-hydrogen) atoms. The Labute approximate surface area is 119 Å². The minimum absolute atomic E-state index is 0.0473. The lowest BCUT2D eigenvalue weighted by molar-refractivity contribution is 0.0939. The molecule has 0 saturated heterocycles. The Hall–Kier alpha value is -2.36. The van der Waals surface area contributed by atoms with Crippen molar-refractivity contribution < 1.29 is 4.79 Å². The minimum atomic E-state index is -0.0607. The highest BCUT2D eigenvalue weighted by Gasteiger charge is 2.13. The molecule has 1 aromatic carbocycles. The maximum absolute atomic E-state index is 12.3. The van der Waals surface area contributed by atoms with E-state index in [1.165, 1.54) is 0 Å². The van der Waals surface area contributed by atoms with Crippen molar-refractivity contribution in [3.8, 4) is 0 Å². The Morgan fingerprint density at radius 1 is 1.20 bits per heavy atom. The summed E-state index contributed by atoms with van der Waals surface area (Å²) < 4.78 is 0. The fraction of sp³-hybridized carbons (Fsp3) is 0.250. The first-order valence-corrected chi connectivity index (χ1v) is 6.61. The molecule has 1 heterocycles. The fourth-order valence-corrected chi connectivity index (χ4v) is 2.08. The Kier molecular flexibility index (Phi) is 4.35. The number of aryl methyl sites for hydroxylation is 1. The lowest BCUT2D eigenvalue weighted by atomic mass is 10.1. The van der Waals surface area contributed by atoms with Crippen LogP contribution in [-0.4, -0.2) is 17.9 Å². The number of amides is 1. The van der Waals surface area contributed by atoms with E-state index in [4.69, 9.17) is 0 Å². The predicted molar refractivity (Wildman–Crippen MR) is 80.8 cm³/mol. The van der Waals surface area contributed by atoms with Crippen molar-refractivity contribution in [3.05, 3.63) is 59.4 Å². The van der Waals surface area contributed by atoms with Gasteiger partial charge >= 0.3 is 0 Å². The molecule has 1 atom stereocenters. The molecule has 0 radical (unpaired) electrons. The minimum Gasteiger partial charge on any atom is -0.388 e. The molecule has 4 heteroatoms. The first kappa shape index (κ1) is 14.1. The lowest BCUT2D eigenvalue weighted by Crippen LogP contribution is -2.27. The van der Waals surface area contributed by atoms with Crippen LogP contribution < -0.4 is 10.6 Å². The van der Waals surface area contributed by atoms with Crippen LogP contribution >= 0.6 is 0 Å². The van der Waals surface area contributed by atoms with Crippen LogP contribution in [0.4, 0.5) is 5.69 Å². The van der Waals surface area contributed by atoms with Gasteiger partial charge in [-0.1, -0.05) is 0 Å². The van der Waals surface area contributed by atoms with Gasteiger partial charge < -0.3 is 10.6 Å². The van der Waals surface area contributed by atoms with Crippen LogP contribution in [0.25, 0.3) is 0 Å². The Morgan fingerprint density at radius 2 is 1.90 bits per heavy atom. The van der Waals surface area contributed by atoms with Crippen LogP contribution in [0.1, 0.15) is 34.5 Å². The highest BCUT2D eigenvalue weighted by molar-refractivity contribution is 5.96. The van der Waals surface area contributed by atoms with Crippen LogP contribution in [0.3, 0.4) is 0 Å². The van der Waals surface area contributed by atoms with E-state index < -0.39 is 0 Å². The molecule has 2 N–H and O–H groups in total. The molecule has 1 unspecified atom stereocenters. The van der Waals surface area contributed by atoms with Gasteiger partial charge in [-0.05, 0) is 55.3 Å². The second-order valence-corrected chi connectivity index (χ2v) is 4.76. The molecule has 0 bridgehead atoms. The van der Waals surface area contributed by atoms with Crippen molar-refractivity contribution in [2.45, 2.75) is 19.9 Å². The summed E-state index contributed by atoms with van der Waals surface area (Å²) in [6.07, 6.45) is 3.45. The first-order chi connectivity index (χ1) is 9.61. The summed E-state index contributed by atoms with van der Waals surface area (Å²) in [5.41, 5.74) is 3.69. The molecule has 2 aromatic rings. The summed E-state index contributed by atoms with van der Waals surface area (Å²) in [5.74, 6) is -0.0607. The number of hydrogen-bond acceptors (Lipinski definition) is 3. The number of nitrogens with one attached hydrogen (secondary N) is 2. The fourth-order valence-electron chi connectivity index (χ4n) is 2.08. The van der Waals surface area contributed by atoms with Crippen molar-refractivity contribution in [1.82, 2.24) is 10.3 Å². The van der Waals surface area contributed by atoms with Crippen molar-refractivity contribution >= 4 is 11.6 Å². The quantitative estimate of drug-likeness (QED) is 0.897. The molecule has 0 aliphatic rings. The van der Waals surface area contributed by atoms with Crippen molar-refractivity contribution in [1.29, 1.82) is 0 Å². The topological polar surface area (TPSA) is 54.0 Å². The normalized spacial score (nSPS) is 11.8. The standard InChI is InChI=1S/C16H19N3O/c1-11-10-14(17-3)4-5-15(11)16(20)19-12(2)13-6-8-18-9-7-13/h4-10,12,17H,1-3H3,(H,19,20). The number of hydrogen-bond donors (Lipinski definition) is 2. The van der Waals surface area contributed by atoms with Gasteiger partial charge in [0.1, 0.15) is 0 Å². The van der Waals surface area contributed by atoms with Crippen LogP contribution in [0.15, 0.2) is 42.7 Å². The first-order valence-electron chi connectivity index (χ1n) is 6.61. The Balaban J connectivity index is 2.12. The summed E-state index contributed by atoms with van der Waals surface area (Å²) in [6.45, 7) is 3.90. The summed E-state index contributed by atoms with van der Waals surface area (Å²) in [4.78, 5) is 16.3. The number of carbonyl (C=O) groups excluding carboxylic acids is 1. The van der Waals surface area contributed by atoms with E-state index in [0.717, 1.165) is 16.8 Å². The van der Waals surface area contributed by atoms with Gasteiger partial charge in [0.05, 0.1) is 6.04 Å². The van der Waals surface area contributed by atoms with Gasteiger partial charge in [0.2, 0.25) is 0 Å². The monoisotopic (exact) mass is 269 g/mol. The van der Waals surface area contributed by atoms with E-state index in [-0.39, 0.29) is 11.9 Å². The summed E-state index contributed by atoms with van der Waals surface area (Å²) in [6, 6.07) is 9.47. The largest absolute Gasteiger partial charge is 0.388 e. The summed E-state index contributed by atoms with van der Waals surface area (Å²) in [5, 5.41) is 6.07. The number of pyridine rings is 1. The third kappa shape index (κ3) is 3.15. The number of nitrogens with zero attached hydrogens (tertiary/aromatic N) is 1. The van der Waals surface area contributed by atoms with Gasteiger partial charge in [-0.15, -0.1) is 0 Å². The molecule has 0 aliphatic carbocycles. The van der Waals surface area contributed by atoms with Crippen molar-refractivity contribution in [2.75, 3.05) is 12.4 Å². The zero-order valence-electron chi connectivity index (χ0n) is 12.0. The van der Waals surface area contributed by atoms with Crippen LogP contribution in [0, 0.1) is 6.92 Å². The number of anilines is 1. The van der Waals surface area contributed by atoms with Gasteiger partial charge in [-0.3, -0.25) is 9.78 Å². The van der Waals surface area contributed by atoms with E-state index in [2.05, 4.69) is 15.6 Å². The van der Waals surface area contributed by atoms with Gasteiger partial charge in [0.15, 0.2) is 0 Å². The third-order valence-electron chi connectivity index (χ3n) is 3.31. The molecule has 4 nitrogen and oxygen atoms in total. The smallest absolute Gasteiger partial charge is 0.252 e. The molecule has 1 aromatic heterocycles. The van der Waals surface area contributed by atoms with Crippen LogP contribution in [0.2, 0.25) is 0 Å². The third-order valence-corrected chi connectivity index (χ3v) is 3.31. The second kappa shape index (κ2) is 6.19. The molecule has 0 saturated carbocycles. The van der Waals surface area contributed by atoms with Crippen LogP contribution in [-0.2, 0) is 0 Å². The number of aromatic nitrogens is 1. The molecular formula is C16H19N3O. The van der Waals surface area contributed by atoms with E-state index >= 15 is 0 Å². The molecular weight excluding hydrogens is 250 g/mol. The lowest BCUT2D eigenvalue weighted by Gasteiger charge is -2.15. The summed E-state index contributed by atoms with van der Waals surface area (Å²) >= 11 is 0. The maximum Gasteiger partial charge on any atom is 0.252 e. The molecule has 1 amide bonds. The average Bonchev–Trinajstić information content (AvgIpc) is 2.47. The van der Waals surface area contributed by atoms with Gasteiger partial charge in [0, 0.05) is 30.7 Å². The van der Waals surface area contributed by atoms with Gasteiger partial charge in [-0.2, -0.15) is 0 Å². The number of carbonyl (C=O) groups is 1. The Bertz CT molecular complexity index is 596. The highest BCUT2D eigenvalue weighted by Crippen LogP contribution is 2.17. The second-order valence-electron chi connectivity index (χ2n) is 4.76. The maximum atomic E-state index is 12.3. The average molecular weight is 269 g/mol. The highest BCUT2D eigenvalue weighted by atomic mass is 16.1. The van der Waals surface area contributed by atoms with Crippen molar-refractivity contribution in [2.24, 2.45) is 0 Å². The van der Waals surface area contributed by atoms with E-state index in [0.29, 0.717) is 5.56 Å². The van der Waals surface area contributed by atoms with E-state index in [9.17, 15) is 4.79 Å². The zero-order valence-corrected chi connectivity index (χ0v) is 12.0. The van der Waals surface area contributed by atoms with Crippen LogP contribution in [0.5, 0.6) is 0 Å². The van der Waals surface area contributed by atoms with E-state index in [1.807, 2.05) is 51.2 Å². The zero-order chi connectivity index (χ0) is 14.5. The molecule has 0 spiro atoms. The number of benzene rings is 1. The summed E-state index contributed by atoms with van der Waals surface area (Å²) in [7, 11) is 1.86. The predicted octanol–water partition coefficient (Wildman–Crippen LogP) is 2.92. The molecule has 104 valence electrons. The van der Waals surface area contributed by atoms with Gasteiger partial charge in [-0.25, -0.2) is 0 Å². The molecule has 2 rings (SSSR count). The number of rotatable bonds is 4. The Morgan fingerprint density at radius 3 is 2.50 bits per heavy atom.